The van der Waals surface area contributed by atoms with Gasteiger partial charge in [-0.05, 0) is 20.9 Å². The number of carbonyl (C=O) groups is 1. The Bertz CT molecular complexity index is 552. The minimum Gasteiger partial charge on any atom is -0.321 e. The average molecular weight is 263 g/mol. The zero-order chi connectivity index (χ0) is 13.8. The van der Waals surface area contributed by atoms with Gasteiger partial charge in [0.2, 0.25) is 5.91 Å². The van der Waals surface area contributed by atoms with Gasteiger partial charge in [0.1, 0.15) is 6.54 Å². The molecule has 0 bridgehead atoms. The minimum absolute atomic E-state index is 0.126. The first-order valence-electron chi connectivity index (χ1n) is 5.95. The number of H-pyrrole nitrogens is 1. The van der Waals surface area contributed by atoms with Crippen LogP contribution in [0, 0.1) is 13.8 Å². The van der Waals surface area contributed by atoms with Crippen LogP contribution in [0.4, 0.5) is 5.69 Å². The van der Waals surface area contributed by atoms with E-state index in [4.69, 9.17) is 0 Å². The topological polar surface area (TPSA) is 101 Å². The Hall–Kier alpha value is -2.22. The van der Waals surface area contributed by atoms with Crippen molar-refractivity contribution in [2.24, 2.45) is 0 Å². The van der Waals surface area contributed by atoms with Crippen LogP contribution in [0.5, 0.6) is 0 Å². The standard InChI is InChI=1S/C11H17N7O/c1-7-11(8(2)15-14-7)13-10(19)6-18-5-9(4-12-3)16-17-18/h5,12H,4,6H2,1-3H3,(H,13,19)(H,14,15). The zero-order valence-electron chi connectivity index (χ0n) is 11.2. The van der Waals surface area contributed by atoms with Crippen LogP contribution >= 0.6 is 0 Å². The quantitative estimate of drug-likeness (QED) is 0.703. The van der Waals surface area contributed by atoms with Gasteiger partial charge in [-0.3, -0.25) is 9.89 Å². The molecule has 0 aliphatic carbocycles. The van der Waals surface area contributed by atoms with Crippen molar-refractivity contribution in [1.82, 2.24) is 30.5 Å². The molecule has 2 rings (SSSR count). The predicted molar refractivity (Wildman–Crippen MR) is 69.5 cm³/mol. The van der Waals surface area contributed by atoms with E-state index < -0.39 is 0 Å². The third-order valence-corrected chi connectivity index (χ3v) is 2.64. The van der Waals surface area contributed by atoms with Gasteiger partial charge < -0.3 is 10.6 Å². The molecule has 102 valence electrons. The fourth-order valence-electron chi connectivity index (χ4n) is 1.74. The number of carbonyl (C=O) groups excluding carboxylic acids is 1. The maximum absolute atomic E-state index is 11.9. The van der Waals surface area contributed by atoms with Crippen LogP contribution in [0.15, 0.2) is 6.20 Å². The van der Waals surface area contributed by atoms with Gasteiger partial charge >= 0.3 is 0 Å². The van der Waals surface area contributed by atoms with Gasteiger partial charge in [0.15, 0.2) is 0 Å². The molecule has 0 fully saturated rings. The van der Waals surface area contributed by atoms with Crippen molar-refractivity contribution in [2.75, 3.05) is 12.4 Å². The van der Waals surface area contributed by atoms with E-state index in [1.54, 1.807) is 6.20 Å². The molecule has 0 aromatic carbocycles. The van der Waals surface area contributed by atoms with E-state index >= 15 is 0 Å². The smallest absolute Gasteiger partial charge is 0.246 e. The molecule has 8 nitrogen and oxygen atoms in total. The highest BCUT2D eigenvalue weighted by molar-refractivity contribution is 5.91. The number of rotatable bonds is 5. The van der Waals surface area contributed by atoms with Gasteiger partial charge in [-0.2, -0.15) is 5.10 Å². The molecule has 0 atom stereocenters. The second-order valence-electron chi connectivity index (χ2n) is 4.29. The molecule has 3 N–H and O–H groups in total. The van der Waals surface area contributed by atoms with Crippen molar-refractivity contribution in [3.05, 3.63) is 23.3 Å². The Morgan fingerprint density at radius 1 is 1.47 bits per heavy atom. The Morgan fingerprint density at radius 2 is 2.26 bits per heavy atom. The normalized spacial score (nSPS) is 10.7. The molecule has 8 heteroatoms. The summed E-state index contributed by atoms with van der Waals surface area (Å²) in [6, 6.07) is 0. The monoisotopic (exact) mass is 263 g/mol. The number of hydrogen-bond acceptors (Lipinski definition) is 5. The summed E-state index contributed by atoms with van der Waals surface area (Å²) in [6.07, 6.45) is 1.74. The Labute approximate surface area is 110 Å². The van der Waals surface area contributed by atoms with Gasteiger partial charge in [0.05, 0.1) is 29.0 Å². The van der Waals surface area contributed by atoms with E-state index in [1.165, 1.54) is 4.68 Å². The first-order valence-corrected chi connectivity index (χ1v) is 5.95. The van der Waals surface area contributed by atoms with Gasteiger partial charge in [0.25, 0.3) is 0 Å². The van der Waals surface area contributed by atoms with Crippen molar-refractivity contribution in [3.8, 4) is 0 Å². The zero-order valence-corrected chi connectivity index (χ0v) is 11.2. The molecule has 19 heavy (non-hydrogen) atoms. The highest BCUT2D eigenvalue weighted by atomic mass is 16.2. The lowest BCUT2D eigenvalue weighted by atomic mass is 10.3. The summed E-state index contributed by atoms with van der Waals surface area (Å²) in [7, 11) is 1.83. The third-order valence-electron chi connectivity index (χ3n) is 2.64. The second kappa shape index (κ2) is 5.61. The number of amides is 1. The summed E-state index contributed by atoms with van der Waals surface area (Å²) in [5.74, 6) is -0.159. The number of aryl methyl sites for hydroxylation is 2. The molecule has 2 aromatic heterocycles. The highest BCUT2D eigenvalue weighted by Gasteiger charge is 2.11. The summed E-state index contributed by atoms with van der Waals surface area (Å²) in [5, 5.41) is 20.5. The summed E-state index contributed by atoms with van der Waals surface area (Å²) in [5.41, 5.74) is 3.12. The van der Waals surface area contributed by atoms with Crippen molar-refractivity contribution in [1.29, 1.82) is 0 Å². The van der Waals surface area contributed by atoms with Crippen LogP contribution in [0.1, 0.15) is 17.1 Å². The third kappa shape index (κ3) is 3.16. The highest BCUT2D eigenvalue weighted by Crippen LogP contribution is 2.15. The van der Waals surface area contributed by atoms with Crippen molar-refractivity contribution < 1.29 is 4.79 Å². The molecule has 2 heterocycles. The molecular weight excluding hydrogens is 246 g/mol. The minimum atomic E-state index is -0.159. The van der Waals surface area contributed by atoms with E-state index in [1.807, 2.05) is 20.9 Å². The largest absolute Gasteiger partial charge is 0.321 e. The van der Waals surface area contributed by atoms with Gasteiger partial charge in [-0.1, -0.05) is 5.21 Å². The first-order chi connectivity index (χ1) is 9.10. The fraction of sp³-hybridized carbons (Fsp3) is 0.455. The first kappa shape index (κ1) is 13.2. The van der Waals surface area contributed by atoms with E-state index in [0.717, 1.165) is 22.8 Å². The molecule has 2 aromatic rings. The molecule has 0 saturated carbocycles. The lowest BCUT2D eigenvalue weighted by Gasteiger charge is -2.04. The number of nitrogens with zero attached hydrogens (tertiary/aromatic N) is 4. The fourth-order valence-corrected chi connectivity index (χ4v) is 1.74. The number of hydrogen-bond donors (Lipinski definition) is 3. The number of nitrogens with one attached hydrogen (secondary N) is 3. The molecule has 0 aliphatic rings. The molecule has 1 amide bonds. The van der Waals surface area contributed by atoms with E-state index in [2.05, 4.69) is 31.1 Å². The average Bonchev–Trinajstić information content (AvgIpc) is 2.91. The predicted octanol–water partition coefficient (Wildman–Crippen LogP) is -0.0239. The van der Waals surface area contributed by atoms with Crippen LogP contribution < -0.4 is 10.6 Å². The summed E-state index contributed by atoms with van der Waals surface area (Å²) < 4.78 is 1.51. The van der Waals surface area contributed by atoms with Gasteiger partial charge in [0, 0.05) is 6.54 Å². The Morgan fingerprint density at radius 3 is 2.89 bits per heavy atom. The lowest BCUT2D eigenvalue weighted by Crippen LogP contribution is -2.19. The van der Waals surface area contributed by atoms with Crippen LogP contribution in [-0.2, 0) is 17.9 Å². The van der Waals surface area contributed by atoms with Gasteiger partial charge in [-0.15, -0.1) is 5.10 Å². The van der Waals surface area contributed by atoms with E-state index in [0.29, 0.717) is 6.54 Å². The van der Waals surface area contributed by atoms with E-state index in [-0.39, 0.29) is 12.5 Å². The van der Waals surface area contributed by atoms with E-state index in [9.17, 15) is 4.79 Å². The lowest BCUT2D eigenvalue weighted by molar-refractivity contribution is -0.116. The van der Waals surface area contributed by atoms with Crippen molar-refractivity contribution in [2.45, 2.75) is 26.9 Å². The van der Waals surface area contributed by atoms with Crippen LogP contribution in [0.3, 0.4) is 0 Å². The number of anilines is 1. The summed E-state index contributed by atoms with van der Waals surface area (Å²) in [6.45, 7) is 4.44. The molecule has 0 saturated heterocycles. The molecular formula is C11H17N7O. The molecule has 0 aliphatic heterocycles. The number of aromatic nitrogens is 5. The molecule has 0 radical (unpaired) electrons. The summed E-state index contributed by atoms with van der Waals surface area (Å²) in [4.78, 5) is 11.9. The summed E-state index contributed by atoms with van der Waals surface area (Å²) >= 11 is 0. The van der Waals surface area contributed by atoms with Crippen molar-refractivity contribution in [3.63, 3.8) is 0 Å². The van der Waals surface area contributed by atoms with Crippen LogP contribution in [0.2, 0.25) is 0 Å². The van der Waals surface area contributed by atoms with Crippen molar-refractivity contribution >= 4 is 11.6 Å². The SMILES string of the molecule is CNCc1cn(CC(=O)Nc2c(C)n[nH]c2C)nn1. The maximum atomic E-state index is 11.9. The van der Waals surface area contributed by atoms with Crippen LogP contribution in [-0.4, -0.2) is 38.1 Å². The molecule has 0 unspecified atom stereocenters. The van der Waals surface area contributed by atoms with Gasteiger partial charge in [-0.25, -0.2) is 4.68 Å². The Balaban J connectivity index is 1.97. The second-order valence-corrected chi connectivity index (χ2v) is 4.29. The van der Waals surface area contributed by atoms with Crippen LogP contribution in [0.25, 0.3) is 0 Å². The number of aromatic amines is 1. The Kier molecular flexibility index (Phi) is 3.91. The molecule has 0 spiro atoms. The maximum Gasteiger partial charge on any atom is 0.246 e.